The molecule has 0 spiro atoms. The number of terminal acetylenes is 1. The first-order valence-corrected chi connectivity index (χ1v) is 8.24. The zero-order valence-corrected chi connectivity index (χ0v) is 13.6. The maximum Gasteiger partial charge on any atom is 0.333 e. The number of hydroxylamine groups is 1. The van der Waals surface area contributed by atoms with Gasteiger partial charge in [0.1, 0.15) is 18.8 Å². The Kier molecular flexibility index (Phi) is 3.94. The number of nitrogens with zero attached hydrogens (tertiary/aromatic N) is 2. The largest absolute Gasteiger partial charge is 0.423 e. The van der Waals surface area contributed by atoms with Crippen molar-refractivity contribution in [3.63, 3.8) is 0 Å². The molecule has 1 aromatic carbocycles. The van der Waals surface area contributed by atoms with Gasteiger partial charge in [0.2, 0.25) is 0 Å². The van der Waals surface area contributed by atoms with Crippen LogP contribution in [-0.4, -0.2) is 23.7 Å². The van der Waals surface area contributed by atoms with Gasteiger partial charge in [0.05, 0.1) is 5.69 Å². The lowest BCUT2D eigenvalue weighted by atomic mass is 9.96. The van der Waals surface area contributed by atoms with Crippen molar-refractivity contribution < 1.29 is 18.8 Å². The molecule has 4 rings (SSSR count). The average molecular weight is 340 g/mol. The van der Waals surface area contributed by atoms with Crippen molar-refractivity contribution in [1.82, 2.24) is 4.57 Å². The minimum atomic E-state index is -0.520. The summed E-state index contributed by atoms with van der Waals surface area (Å²) in [5, 5.41) is 1.35. The van der Waals surface area contributed by atoms with E-state index in [1.165, 1.54) is 22.3 Å². The predicted octanol–water partition coefficient (Wildman–Crippen LogP) is 2.79. The van der Waals surface area contributed by atoms with Gasteiger partial charge in [-0.15, -0.1) is 6.42 Å². The molecule has 25 heavy (non-hydrogen) atoms. The zero-order chi connectivity index (χ0) is 17.4. The molecule has 2 aliphatic rings. The van der Waals surface area contributed by atoms with Crippen molar-refractivity contribution >= 4 is 11.7 Å². The molecular formula is C19H17FN2O3. The number of rotatable bonds is 3. The molecule has 0 fully saturated rings. The number of anilines is 1. The smallest absolute Gasteiger partial charge is 0.333 e. The van der Waals surface area contributed by atoms with Crippen LogP contribution in [0.1, 0.15) is 24.0 Å². The number of hydrogen-bond donors (Lipinski definition) is 0. The molecule has 1 aromatic heterocycles. The molecule has 0 bridgehead atoms. The van der Waals surface area contributed by atoms with Gasteiger partial charge in [-0.3, -0.25) is 4.84 Å². The Balaban J connectivity index is 1.76. The fourth-order valence-corrected chi connectivity index (χ4v) is 3.35. The molecule has 128 valence electrons. The van der Waals surface area contributed by atoms with Gasteiger partial charge in [0, 0.05) is 18.5 Å². The molecule has 1 aliphatic carbocycles. The number of benzene rings is 1. The van der Waals surface area contributed by atoms with Crippen molar-refractivity contribution in [2.45, 2.75) is 25.7 Å². The van der Waals surface area contributed by atoms with Crippen LogP contribution in [0, 0.1) is 18.2 Å². The second-order valence-electron chi connectivity index (χ2n) is 6.18. The van der Waals surface area contributed by atoms with Crippen LogP contribution in [0.15, 0.2) is 24.5 Å². The van der Waals surface area contributed by atoms with Crippen LogP contribution in [0.25, 0.3) is 5.69 Å². The highest BCUT2D eigenvalue weighted by molar-refractivity contribution is 5.84. The van der Waals surface area contributed by atoms with Gasteiger partial charge in [-0.1, -0.05) is 5.92 Å². The SMILES string of the molecule is C#CCON1CC(=O)Oc2cc(F)c(-n3cc4c(c3)CCCC4)cc21. The van der Waals surface area contributed by atoms with E-state index in [0.29, 0.717) is 11.4 Å². The molecule has 0 N–H and O–H groups in total. The average Bonchev–Trinajstić information content (AvgIpc) is 3.02. The van der Waals surface area contributed by atoms with Crippen molar-refractivity contribution in [2.75, 3.05) is 18.2 Å². The third-order valence-electron chi connectivity index (χ3n) is 4.52. The fourth-order valence-electron chi connectivity index (χ4n) is 3.35. The first-order chi connectivity index (χ1) is 12.2. The van der Waals surface area contributed by atoms with Crippen LogP contribution in [0.5, 0.6) is 5.75 Å². The lowest BCUT2D eigenvalue weighted by Crippen LogP contribution is -2.37. The number of ether oxygens (including phenoxy) is 1. The zero-order valence-electron chi connectivity index (χ0n) is 13.6. The number of halogens is 1. The molecule has 5 nitrogen and oxygen atoms in total. The summed E-state index contributed by atoms with van der Waals surface area (Å²) in [4.78, 5) is 17.1. The maximum atomic E-state index is 14.6. The van der Waals surface area contributed by atoms with E-state index in [1.807, 2.05) is 12.4 Å². The Morgan fingerprint density at radius 2 is 1.92 bits per heavy atom. The summed E-state index contributed by atoms with van der Waals surface area (Å²) >= 11 is 0. The van der Waals surface area contributed by atoms with E-state index in [1.54, 1.807) is 10.6 Å². The molecular weight excluding hydrogens is 323 g/mol. The Morgan fingerprint density at radius 3 is 2.60 bits per heavy atom. The summed E-state index contributed by atoms with van der Waals surface area (Å²) in [5.41, 5.74) is 3.39. The van der Waals surface area contributed by atoms with Crippen LogP contribution in [0.2, 0.25) is 0 Å². The molecule has 0 amide bonds. The Morgan fingerprint density at radius 1 is 1.20 bits per heavy atom. The molecule has 0 saturated carbocycles. The highest BCUT2D eigenvalue weighted by atomic mass is 19.1. The fraction of sp³-hybridized carbons (Fsp3) is 0.316. The van der Waals surface area contributed by atoms with Crippen LogP contribution in [-0.2, 0) is 22.5 Å². The van der Waals surface area contributed by atoms with Gasteiger partial charge in [0.25, 0.3) is 0 Å². The molecule has 2 heterocycles. The summed E-state index contributed by atoms with van der Waals surface area (Å²) in [6.07, 6.45) is 13.5. The summed E-state index contributed by atoms with van der Waals surface area (Å²) in [6, 6.07) is 2.84. The number of hydrogen-bond acceptors (Lipinski definition) is 4. The maximum absolute atomic E-state index is 14.6. The summed E-state index contributed by atoms with van der Waals surface area (Å²) in [6.45, 7) is -0.0841. The van der Waals surface area contributed by atoms with Crippen LogP contribution >= 0.6 is 0 Å². The van der Waals surface area contributed by atoms with E-state index >= 15 is 0 Å². The lowest BCUT2D eigenvalue weighted by Gasteiger charge is -2.28. The molecule has 2 aromatic rings. The van der Waals surface area contributed by atoms with Crippen molar-refractivity contribution in [3.8, 4) is 23.8 Å². The van der Waals surface area contributed by atoms with Gasteiger partial charge >= 0.3 is 5.97 Å². The Hall–Kier alpha value is -2.78. The van der Waals surface area contributed by atoms with E-state index in [0.717, 1.165) is 25.7 Å². The number of carbonyl (C=O) groups is 1. The first kappa shape index (κ1) is 15.7. The topological polar surface area (TPSA) is 43.7 Å². The molecule has 6 heteroatoms. The van der Waals surface area contributed by atoms with Gasteiger partial charge in [-0.25, -0.2) is 14.2 Å². The predicted molar refractivity (Wildman–Crippen MR) is 90.1 cm³/mol. The monoisotopic (exact) mass is 340 g/mol. The lowest BCUT2D eigenvalue weighted by molar-refractivity contribution is -0.135. The third kappa shape index (κ3) is 2.87. The highest BCUT2D eigenvalue weighted by Gasteiger charge is 2.27. The van der Waals surface area contributed by atoms with E-state index < -0.39 is 11.8 Å². The van der Waals surface area contributed by atoms with E-state index in [9.17, 15) is 9.18 Å². The van der Waals surface area contributed by atoms with E-state index in [-0.39, 0.29) is 18.9 Å². The standard InChI is InChI=1S/C19H17FN2O3/c1-2-7-24-22-12-19(23)25-18-8-15(20)16(9-17(18)22)21-10-13-5-3-4-6-14(13)11-21/h1,8-11H,3-7,12H2. The van der Waals surface area contributed by atoms with E-state index in [2.05, 4.69) is 5.92 Å². The van der Waals surface area contributed by atoms with Gasteiger partial charge in [-0.2, -0.15) is 0 Å². The van der Waals surface area contributed by atoms with Crippen LogP contribution in [0.4, 0.5) is 10.1 Å². The van der Waals surface area contributed by atoms with Crippen molar-refractivity contribution in [1.29, 1.82) is 0 Å². The minimum Gasteiger partial charge on any atom is -0.423 e. The summed E-state index contributed by atoms with van der Waals surface area (Å²) in [5.74, 6) is 1.51. The highest BCUT2D eigenvalue weighted by Crippen LogP contribution is 2.36. The normalized spacial score (nSPS) is 16.0. The Labute approximate surface area is 144 Å². The van der Waals surface area contributed by atoms with Crippen molar-refractivity contribution in [2.24, 2.45) is 0 Å². The number of aryl methyl sites for hydroxylation is 2. The third-order valence-corrected chi connectivity index (χ3v) is 4.52. The molecule has 0 radical (unpaired) electrons. The number of aromatic nitrogens is 1. The van der Waals surface area contributed by atoms with Crippen LogP contribution in [0.3, 0.4) is 0 Å². The van der Waals surface area contributed by atoms with Crippen LogP contribution < -0.4 is 9.80 Å². The number of esters is 1. The molecule has 1 aliphatic heterocycles. The number of fused-ring (bicyclic) bond motifs is 2. The number of carbonyl (C=O) groups excluding carboxylic acids is 1. The summed E-state index contributed by atoms with van der Waals surface area (Å²) < 4.78 is 21.6. The second kappa shape index (κ2) is 6.26. The first-order valence-electron chi connectivity index (χ1n) is 8.24. The van der Waals surface area contributed by atoms with E-state index in [4.69, 9.17) is 16.0 Å². The van der Waals surface area contributed by atoms with Gasteiger partial charge in [-0.05, 0) is 42.9 Å². The van der Waals surface area contributed by atoms with Crippen molar-refractivity contribution in [3.05, 3.63) is 41.5 Å². The van der Waals surface area contributed by atoms with Gasteiger partial charge in [0.15, 0.2) is 11.6 Å². The second-order valence-corrected chi connectivity index (χ2v) is 6.18. The summed E-state index contributed by atoms with van der Waals surface area (Å²) in [7, 11) is 0. The Bertz CT molecular complexity index is 858. The molecule has 0 unspecified atom stereocenters. The van der Waals surface area contributed by atoms with Gasteiger partial charge < -0.3 is 9.30 Å². The molecule has 0 atom stereocenters. The molecule has 0 saturated heterocycles. The minimum absolute atomic E-state index is 0.0112. The quantitative estimate of drug-likeness (QED) is 0.490.